The van der Waals surface area contributed by atoms with Gasteiger partial charge in [0.25, 0.3) is 0 Å². The number of ether oxygens (including phenoxy) is 2. The Kier molecular flexibility index (Phi) is 6.87. The van der Waals surface area contributed by atoms with Crippen LogP contribution in [0.15, 0.2) is 22.2 Å². The molecule has 36 heavy (non-hydrogen) atoms. The van der Waals surface area contributed by atoms with E-state index in [2.05, 4.69) is 15.9 Å². The third-order valence-electron chi connectivity index (χ3n) is 9.31. The van der Waals surface area contributed by atoms with Crippen molar-refractivity contribution in [2.75, 3.05) is 6.61 Å². The first kappa shape index (κ1) is 27.8. The van der Waals surface area contributed by atoms with E-state index in [1.165, 1.54) is 19.9 Å². The molecule has 0 bridgehead atoms. The molecule has 4 aliphatic carbocycles. The molecule has 4 aliphatic rings. The molecule has 0 aliphatic heterocycles. The fourth-order valence-electron chi connectivity index (χ4n) is 7.88. The van der Waals surface area contributed by atoms with Gasteiger partial charge in [-0.2, -0.15) is 0 Å². The van der Waals surface area contributed by atoms with Gasteiger partial charge < -0.3 is 9.47 Å². The number of rotatable bonds is 4. The normalized spacial score (nSPS) is 45.5. The molecule has 3 saturated carbocycles. The van der Waals surface area contributed by atoms with E-state index in [1.54, 1.807) is 13.0 Å². The van der Waals surface area contributed by atoms with E-state index < -0.39 is 69.0 Å². The Bertz CT molecular complexity index is 1110. The SMILES string of the molecule is CC(=O)OCC(=O)[C@]1(OC(C)=O)[C@@H](C)C[C@H]2[C@@H]3C[C@@H](F)C4=CC(=O)C(Br)=C[C@]4(C)[C@@]3(Cl)[C@@H](Cl)C[C@@]21C. The van der Waals surface area contributed by atoms with Crippen LogP contribution in [0.25, 0.3) is 0 Å². The number of allylic oxidation sites excluding steroid dienone is 4. The maximum atomic E-state index is 15.8. The van der Waals surface area contributed by atoms with Crippen molar-refractivity contribution in [3.8, 4) is 0 Å². The molecule has 0 saturated heterocycles. The molecule has 198 valence electrons. The Balaban J connectivity index is 1.87. The van der Waals surface area contributed by atoms with E-state index in [9.17, 15) is 19.2 Å². The van der Waals surface area contributed by atoms with Crippen LogP contribution in [0.2, 0.25) is 0 Å². The van der Waals surface area contributed by atoms with E-state index in [4.69, 9.17) is 32.7 Å². The molecule has 0 N–H and O–H groups in total. The highest BCUT2D eigenvalue weighted by Gasteiger charge is 2.77. The maximum absolute atomic E-state index is 15.8. The lowest BCUT2D eigenvalue weighted by Gasteiger charge is -2.64. The summed E-state index contributed by atoms with van der Waals surface area (Å²) in [6, 6.07) is 0. The largest absolute Gasteiger partial charge is 0.458 e. The number of halogens is 4. The van der Waals surface area contributed by atoms with Gasteiger partial charge in [-0.25, -0.2) is 4.39 Å². The summed E-state index contributed by atoms with van der Waals surface area (Å²) in [7, 11) is 0. The van der Waals surface area contributed by atoms with Crippen molar-refractivity contribution < 1.29 is 33.0 Å². The van der Waals surface area contributed by atoms with Gasteiger partial charge in [-0.05, 0) is 58.7 Å². The van der Waals surface area contributed by atoms with E-state index in [1.807, 2.05) is 13.8 Å². The zero-order valence-corrected chi connectivity index (χ0v) is 23.9. The molecule has 0 aromatic rings. The zero-order chi connectivity index (χ0) is 27.0. The molecule has 0 amide bonds. The van der Waals surface area contributed by atoms with Gasteiger partial charge >= 0.3 is 11.9 Å². The molecule has 0 radical (unpaired) electrons. The van der Waals surface area contributed by atoms with Crippen LogP contribution < -0.4 is 0 Å². The number of ketones is 2. The lowest BCUT2D eigenvalue weighted by molar-refractivity contribution is -0.195. The van der Waals surface area contributed by atoms with E-state index in [0.29, 0.717) is 16.5 Å². The second-order valence-electron chi connectivity index (χ2n) is 11.1. The zero-order valence-electron chi connectivity index (χ0n) is 20.8. The highest BCUT2D eigenvalue weighted by atomic mass is 79.9. The van der Waals surface area contributed by atoms with Crippen molar-refractivity contribution in [1.29, 1.82) is 0 Å². The average molecular weight is 608 g/mol. The summed E-state index contributed by atoms with van der Waals surface area (Å²) < 4.78 is 27.0. The lowest BCUT2D eigenvalue weighted by Crippen LogP contribution is -2.69. The minimum absolute atomic E-state index is 0.0220. The quantitative estimate of drug-likeness (QED) is 0.322. The third-order valence-corrected chi connectivity index (χ3v) is 11.5. The first-order chi connectivity index (χ1) is 16.6. The Morgan fingerprint density at radius 3 is 2.39 bits per heavy atom. The Labute approximate surface area is 228 Å². The smallest absolute Gasteiger partial charge is 0.303 e. The van der Waals surface area contributed by atoms with Gasteiger partial charge in [-0.1, -0.05) is 26.8 Å². The summed E-state index contributed by atoms with van der Waals surface area (Å²) in [6.45, 7) is 7.34. The predicted molar refractivity (Wildman–Crippen MR) is 136 cm³/mol. The summed E-state index contributed by atoms with van der Waals surface area (Å²) in [6.07, 6.45) is 2.20. The van der Waals surface area contributed by atoms with Gasteiger partial charge in [0, 0.05) is 30.6 Å². The number of hydrogen-bond donors (Lipinski definition) is 0. The van der Waals surface area contributed by atoms with Crippen molar-refractivity contribution >= 4 is 62.6 Å². The number of fused-ring (bicyclic) bond motifs is 5. The summed E-state index contributed by atoms with van der Waals surface area (Å²) in [5.74, 6) is -3.41. The molecule has 10 heteroatoms. The van der Waals surface area contributed by atoms with Gasteiger partial charge in [0.05, 0.1) is 14.7 Å². The fourth-order valence-corrected chi connectivity index (χ4v) is 9.65. The molecule has 0 aromatic heterocycles. The van der Waals surface area contributed by atoms with Crippen LogP contribution in [0.3, 0.4) is 0 Å². The van der Waals surface area contributed by atoms with Crippen LogP contribution in [0.5, 0.6) is 0 Å². The van der Waals surface area contributed by atoms with Gasteiger partial charge in [0.2, 0.25) is 5.78 Å². The first-order valence-electron chi connectivity index (χ1n) is 12.0. The summed E-state index contributed by atoms with van der Waals surface area (Å²) in [5.41, 5.74) is -3.37. The number of hydrogen-bond acceptors (Lipinski definition) is 6. The Morgan fingerprint density at radius 2 is 1.81 bits per heavy atom. The topological polar surface area (TPSA) is 86.7 Å². The standard InChI is InChI=1S/C26H30BrCl2FO6/c1-12-6-15-16-7-19(30)17-8-20(33)18(27)9-23(17,4)25(16,29)21(28)10-24(15,5)26(12,36-14(3)32)22(34)11-35-13(2)31/h8-9,12,15-16,19,21H,6-7,10-11H2,1-5H3/t12-,15-,16-,19+,21-,23-,24-,25-,26+/m0/s1. The highest BCUT2D eigenvalue weighted by molar-refractivity contribution is 9.12. The molecule has 0 aromatic carbocycles. The third kappa shape index (κ3) is 3.53. The van der Waals surface area contributed by atoms with Crippen LogP contribution in [-0.4, -0.2) is 52.1 Å². The highest BCUT2D eigenvalue weighted by Crippen LogP contribution is 2.73. The molecule has 6 nitrogen and oxygen atoms in total. The van der Waals surface area contributed by atoms with Crippen molar-refractivity contribution in [2.24, 2.45) is 28.6 Å². The van der Waals surface area contributed by atoms with Gasteiger partial charge in [0.1, 0.15) is 6.17 Å². The number of esters is 2. The van der Waals surface area contributed by atoms with Crippen LogP contribution in [0.1, 0.15) is 53.9 Å². The second kappa shape index (κ2) is 8.91. The summed E-state index contributed by atoms with van der Waals surface area (Å²) in [4.78, 5) is 48.7. The number of carbonyl (C=O) groups excluding carboxylic acids is 4. The van der Waals surface area contributed by atoms with Crippen LogP contribution in [0, 0.1) is 28.6 Å². The molecular weight excluding hydrogens is 578 g/mol. The summed E-state index contributed by atoms with van der Waals surface area (Å²) in [5, 5.41) is -0.766. The monoisotopic (exact) mass is 606 g/mol. The van der Waals surface area contributed by atoms with E-state index in [0.717, 1.165) is 0 Å². The predicted octanol–water partition coefficient (Wildman–Crippen LogP) is 5.22. The van der Waals surface area contributed by atoms with Gasteiger partial charge in [-0.3, -0.25) is 19.2 Å². The minimum Gasteiger partial charge on any atom is -0.458 e. The van der Waals surface area contributed by atoms with Crippen LogP contribution in [0.4, 0.5) is 4.39 Å². The maximum Gasteiger partial charge on any atom is 0.303 e. The molecule has 0 heterocycles. The number of alkyl halides is 3. The second-order valence-corrected chi connectivity index (χ2v) is 13.1. The number of carbonyl (C=O) groups is 4. The van der Waals surface area contributed by atoms with Gasteiger partial charge in [-0.15, -0.1) is 23.2 Å². The molecule has 0 unspecified atom stereocenters. The molecule has 3 fully saturated rings. The Morgan fingerprint density at radius 1 is 1.17 bits per heavy atom. The van der Waals surface area contributed by atoms with E-state index in [-0.39, 0.29) is 24.5 Å². The van der Waals surface area contributed by atoms with Crippen LogP contribution >= 0.6 is 39.1 Å². The van der Waals surface area contributed by atoms with Gasteiger partial charge in [0.15, 0.2) is 18.0 Å². The van der Waals surface area contributed by atoms with Crippen LogP contribution in [-0.2, 0) is 28.7 Å². The van der Waals surface area contributed by atoms with Crippen molar-refractivity contribution in [1.82, 2.24) is 0 Å². The lowest BCUT2D eigenvalue weighted by atomic mass is 9.46. The molecular formula is C26H30BrCl2FO6. The summed E-state index contributed by atoms with van der Waals surface area (Å²) >= 11 is 17.9. The molecule has 9 atom stereocenters. The Hall–Kier alpha value is -1.25. The van der Waals surface area contributed by atoms with Crippen molar-refractivity contribution in [3.63, 3.8) is 0 Å². The fraction of sp³-hybridized carbons (Fsp3) is 0.692. The number of Topliss-reactive ketones (excluding diaryl/α,β-unsaturated/α-hetero) is 1. The van der Waals surface area contributed by atoms with E-state index >= 15 is 4.39 Å². The average Bonchev–Trinajstić information content (AvgIpc) is 2.98. The minimum atomic E-state index is -1.62. The molecule has 0 spiro atoms. The molecule has 4 rings (SSSR count). The van der Waals surface area contributed by atoms with Crippen molar-refractivity contribution in [3.05, 3.63) is 22.2 Å². The first-order valence-corrected chi connectivity index (χ1v) is 13.6. The van der Waals surface area contributed by atoms with Crippen molar-refractivity contribution in [2.45, 2.75) is 75.9 Å².